The normalized spacial score (nSPS) is 17.9. The van der Waals surface area contributed by atoms with E-state index in [1.165, 1.54) is 40.7 Å². The van der Waals surface area contributed by atoms with E-state index in [-0.39, 0.29) is 24.0 Å². The topological polar surface area (TPSA) is 52.6 Å². The zero-order valence-electron chi connectivity index (χ0n) is 16.8. The van der Waals surface area contributed by atoms with Gasteiger partial charge in [-0.3, -0.25) is 9.89 Å². The minimum absolute atomic E-state index is 0. The van der Waals surface area contributed by atoms with E-state index in [0.717, 1.165) is 38.4 Å². The quantitative estimate of drug-likeness (QED) is 0.306. The molecule has 28 heavy (non-hydrogen) atoms. The minimum atomic E-state index is 0. The summed E-state index contributed by atoms with van der Waals surface area (Å²) in [6.45, 7) is 7.50. The van der Waals surface area contributed by atoms with Crippen molar-refractivity contribution in [1.82, 2.24) is 20.5 Å². The zero-order valence-corrected chi connectivity index (χ0v) is 20.8. The number of guanidine groups is 1. The number of aryl methyl sites for hydroxylation is 1. The van der Waals surface area contributed by atoms with Crippen LogP contribution in [-0.4, -0.2) is 49.1 Å². The lowest BCUT2D eigenvalue weighted by atomic mass is 9.98. The molecular weight excluding hydrogens is 501 g/mol. The van der Waals surface area contributed by atoms with Crippen molar-refractivity contribution < 1.29 is 0 Å². The number of piperidine rings is 1. The molecular formula is C20H32IN5S2. The first-order valence-corrected chi connectivity index (χ1v) is 11.6. The summed E-state index contributed by atoms with van der Waals surface area (Å²) >= 11 is 3.67. The number of thiazole rings is 1. The van der Waals surface area contributed by atoms with Crippen molar-refractivity contribution in [1.29, 1.82) is 0 Å². The standard InChI is InChI=1S/C20H31N5S2.HI/c1-3-17-13-23-19(27-17)8-9-22-20(21-2)24-12-16-6-4-10-25(14-16)15-18-7-5-11-26-18;/h5,7,11,13,16H,3-4,6,8-10,12,14-15H2,1-2H3,(H2,21,22,24);1H. The fourth-order valence-electron chi connectivity index (χ4n) is 3.46. The van der Waals surface area contributed by atoms with Crippen LogP contribution in [0.4, 0.5) is 0 Å². The highest BCUT2D eigenvalue weighted by molar-refractivity contribution is 14.0. The maximum atomic E-state index is 4.48. The number of aliphatic imine (C=N–C) groups is 1. The summed E-state index contributed by atoms with van der Waals surface area (Å²) in [6.07, 6.45) is 6.60. The molecule has 5 nitrogen and oxygen atoms in total. The van der Waals surface area contributed by atoms with Crippen molar-refractivity contribution in [2.24, 2.45) is 10.9 Å². The Labute approximate surface area is 194 Å². The number of nitrogens with zero attached hydrogens (tertiary/aromatic N) is 3. The Kier molecular flexibility index (Phi) is 10.7. The molecule has 0 saturated carbocycles. The summed E-state index contributed by atoms with van der Waals surface area (Å²) in [7, 11) is 1.85. The molecule has 0 amide bonds. The molecule has 3 heterocycles. The van der Waals surface area contributed by atoms with E-state index >= 15 is 0 Å². The second-order valence-corrected chi connectivity index (χ2v) is 9.26. The SMILES string of the molecule is CCc1cnc(CCNC(=NC)NCC2CCCN(Cc3cccs3)C2)s1.I. The summed E-state index contributed by atoms with van der Waals surface area (Å²) in [6, 6.07) is 4.39. The summed E-state index contributed by atoms with van der Waals surface area (Å²) in [4.78, 5) is 14.3. The van der Waals surface area contributed by atoms with Crippen LogP contribution in [-0.2, 0) is 19.4 Å². The van der Waals surface area contributed by atoms with Crippen LogP contribution in [0.15, 0.2) is 28.7 Å². The summed E-state index contributed by atoms with van der Waals surface area (Å²) < 4.78 is 0. The fraction of sp³-hybridized carbons (Fsp3) is 0.600. The Hall–Kier alpha value is -0.710. The average molecular weight is 534 g/mol. The van der Waals surface area contributed by atoms with Gasteiger partial charge in [0.2, 0.25) is 0 Å². The van der Waals surface area contributed by atoms with Gasteiger partial charge in [-0.1, -0.05) is 13.0 Å². The van der Waals surface area contributed by atoms with E-state index in [4.69, 9.17) is 0 Å². The highest BCUT2D eigenvalue weighted by atomic mass is 127. The summed E-state index contributed by atoms with van der Waals surface area (Å²) in [5, 5.41) is 10.3. The number of rotatable bonds is 8. The molecule has 1 aliphatic rings. The van der Waals surface area contributed by atoms with Gasteiger partial charge in [-0.05, 0) is 43.2 Å². The lowest BCUT2D eigenvalue weighted by Crippen LogP contribution is -2.44. The van der Waals surface area contributed by atoms with Crippen molar-refractivity contribution in [3.8, 4) is 0 Å². The van der Waals surface area contributed by atoms with Gasteiger partial charge in [0, 0.05) is 55.6 Å². The molecule has 2 N–H and O–H groups in total. The van der Waals surface area contributed by atoms with Crippen LogP contribution in [0, 0.1) is 5.92 Å². The highest BCUT2D eigenvalue weighted by Gasteiger charge is 2.20. The number of likely N-dealkylation sites (tertiary alicyclic amines) is 1. The molecule has 2 aromatic rings. The monoisotopic (exact) mass is 533 g/mol. The molecule has 0 aliphatic carbocycles. The molecule has 2 aromatic heterocycles. The van der Waals surface area contributed by atoms with Gasteiger partial charge >= 0.3 is 0 Å². The Morgan fingerprint density at radius 2 is 2.25 bits per heavy atom. The van der Waals surface area contributed by atoms with Crippen molar-refractivity contribution in [2.45, 2.75) is 39.2 Å². The number of aromatic nitrogens is 1. The first-order chi connectivity index (χ1) is 13.3. The van der Waals surface area contributed by atoms with Crippen molar-refractivity contribution >= 4 is 52.6 Å². The predicted octanol–water partition coefficient (Wildman–Crippen LogP) is 4.00. The largest absolute Gasteiger partial charge is 0.356 e. The number of hydrogen-bond acceptors (Lipinski definition) is 5. The Bertz CT molecular complexity index is 701. The Balaban J connectivity index is 0.00000280. The van der Waals surface area contributed by atoms with Crippen LogP contribution in [0.2, 0.25) is 0 Å². The molecule has 1 saturated heterocycles. The van der Waals surface area contributed by atoms with E-state index in [9.17, 15) is 0 Å². The number of nitrogens with one attached hydrogen (secondary N) is 2. The minimum Gasteiger partial charge on any atom is -0.356 e. The fourth-order valence-corrected chi connectivity index (χ4v) is 5.07. The zero-order chi connectivity index (χ0) is 18.9. The first kappa shape index (κ1) is 23.6. The molecule has 8 heteroatoms. The second kappa shape index (κ2) is 12.8. The number of halogens is 1. The van der Waals surface area contributed by atoms with Gasteiger partial charge in [0.25, 0.3) is 0 Å². The predicted molar refractivity (Wildman–Crippen MR) is 132 cm³/mol. The van der Waals surface area contributed by atoms with E-state index in [1.54, 1.807) is 0 Å². The van der Waals surface area contributed by atoms with Crippen LogP contribution < -0.4 is 10.6 Å². The van der Waals surface area contributed by atoms with Crippen LogP contribution in [0.5, 0.6) is 0 Å². The smallest absolute Gasteiger partial charge is 0.191 e. The molecule has 3 rings (SSSR count). The molecule has 1 unspecified atom stereocenters. The number of thiophene rings is 1. The molecule has 0 radical (unpaired) electrons. The molecule has 1 fully saturated rings. The molecule has 0 spiro atoms. The van der Waals surface area contributed by atoms with Crippen molar-refractivity contribution in [3.05, 3.63) is 38.5 Å². The van der Waals surface area contributed by atoms with Gasteiger partial charge in [0.1, 0.15) is 0 Å². The lowest BCUT2D eigenvalue weighted by Gasteiger charge is -2.32. The summed E-state index contributed by atoms with van der Waals surface area (Å²) in [5.74, 6) is 1.58. The third-order valence-corrected chi connectivity index (χ3v) is 6.99. The summed E-state index contributed by atoms with van der Waals surface area (Å²) in [5.41, 5.74) is 0. The molecule has 0 bridgehead atoms. The molecule has 1 atom stereocenters. The van der Waals surface area contributed by atoms with Crippen LogP contribution in [0.25, 0.3) is 0 Å². The van der Waals surface area contributed by atoms with Gasteiger partial charge in [0.05, 0.1) is 5.01 Å². The molecule has 156 valence electrons. The van der Waals surface area contributed by atoms with Gasteiger partial charge in [0.15, 0.2) is 5.96 Å². The van der Waals surface area contributed by atoms with Crippen LogP contribution in [0.3, 0.4) is 0 Å². The maximum absolute atomic E-state index is 4.48. The van der Waals surface area contributed by atoms with Gasteiger partial charge in [-0.2, -0.15) is 0 Å². The Morgan fingerprint density at radius 3 is 2.96 bits per heavy atom. The highest BCUT2D eigenvalue weighted by Crippen LogP contribution is 2.20. The number of hydrogen-bond donors (Lipinski definition) is 2. The second-order valence-electron chi connectivity index (χ2n) is 7.03. The van der Waals surface area contributed by atoms with Crippen LogP contribution in [0.1, 0.15) is 34.5 Å². The molecule has 1 aliphatic heterocycles. The van der Waals surface area contributed by atoms with E-state index < -0.39 is 0 Å². The van der Waals surface area contributed by atoms with Gasteiger partial charge in [-0.25, -0.2) is 4.98 Å². The lowest BCUT2D eigenvalue weighted by molar-refractivity contribution is 0.169. The van der Waals surface area contributed by atoms with Gasteiger partial charge in [-0.15, -0.1) is 46.7 Å². The van der Waals surface area contributed by atoms with Crippen molar-refractivity contribution in [2.75, 3.05) is 33.2 Å². The average Bonchev–Trinajstić information content (AvgIpc) is 3.36. The van der Waals surface area contributed by atoms with E-state index in [1.807, 2.05) is 35.9 Å². The first-order valence-electron chi connectivity index (χ1n) is 9.89. The van der Waals surface area contributed by atoms with E-state index in [0.29, 0.717) is 5.92 Å². The molecule has 0 aromatic carbocycles. The van der Waals surface area contributed by atoms with Gasteiger partial charge < -0.3 is 10.6 Å². The Morgan fingerprint density at radius 1 is 1.36 bits per heavy atom. The third-order valence-electron chi connectivity index (χ3n) is 4.93. The third kappa shape index (κ3) is 7.61. The van der Waals surface area contributed by atoms with E-state index in [2.05, 4.69) is 49.9 Å². The van der Waals surface area contributed by atoms with Crippen LogP contribution >= 0.6 is 46.7 Å². The van der Waals surface area contributed by atoms with Crippen molar-refractivity contribution in [3.63, 3.8) is 0 Å². The maximum Gasteiger partial charge on any atom is 0.191 e.